The van der Waals surface area contributed by atoms with E-state index in [9.17, 15) is 4.79 Å². The second-order valence-electron chi connectivity index (χ2n) is 2.91. The molecule has 0 heterocycles. The van der Waals surface area contributed by atoms with Crippen LogP contribution in [0.15, 0.2) is 0 Å². The number of hydrogen-bond donors (Lipinski definition) is 1. The molecule has 1 rings (SSSR count). The first kappa shape index (κ1) is 8.53. The highest BCUT2D eigenvalue weighted by molar-refractivity contribution is 5.80. The van der Waals surface area contributed by atoms with E-state index in [2.05, 4.69) is 5.32 Å². The van der Waals surface area contributed by atoms with Gasteiger partial charge in [-0.2, -0.15) is 0 Å². The minimum Gasteiger partial charge on any atom is -0.385 e. The number of hydrogen-bond acceptors (Lipinski definition) is 2. The summed E-state index contributed by atoms with van der Waals surface area (Å²) in [5.74, 6) is 0.554. The topological polar surface area (TPSA) is 38.3 Å². The summed E-state index contributed by atoms with van der Waals surface area (Å²) in [5, 5.41) is 2.86. The average Bonchev–Trinajstić information content (AvgIpc) is 2.79. The van der Waals surface area contributed by atoms with Gasteiger partial charge >= 0.3 is 0 Å². The van der Waals surface area contributed by atoms with Gasteiger partial charge < -0.3 is 10.1 Å². The van der Waals surface area contributed by atoms with Crippen LogP contribution in [0.5, 0.6) is 0 Å². The Morgan fingerprint density at radius 3 is 2.91 bits per heavy atom. The smallest absolute Gasteiger partial charge is 0.223 e. The average molecular weight is 157 g/mol. The molecular weight excluding hydrogens is 142 g/mol. The van der Waals surface area contributed by atoms with E-state index < -0.39 is 0 Å². The molecule has 1 aliphatic carbocycles. The van der Waals surface area contributed by atoms with Gasteiger partial charge in [0.15, 0.2) is 0 Å². The van der Waals surface area contributed by atoms with Crippen LogP contribution in [0.3, 0.4) is 0 Å². The van der Waals surface area contributed by atoms with Gasteiger partial charge in [0.05, 0.1) is 0 Å². The maximum Gasteiger partial charge on any atom is 0.223 e. The van der Waals surface area contributed by atoms with Crippen LogP contribution in [-0.4, -0.2) is 26.2 Å². The summed E-state index contributed by atoms with van der Waals surface area (Å²) >= 11 is 0. The van der Waals surface area contributed by atoms with Crippen LogP contribution in [0.4, 0.5) is 0 Å². The lowest BCUT2D eigenvalue weighted by Gasteiger charge is -2.02. The molecule has 3 nitrogen and oxygen atoms in total. The summed E-state index contributed by atoms with van der Waals surface area (Å²) < 4.78 is 4.85. The molecular formula is C8H15NO2. The van der Waals surface area contributed by atoms with Gasteiger partial charge in [-0.3, -0.25) is 4.79 Å². The van der Waals surface area contributed by atoms with E-state index in [0.29, 0.717) is 5.92 Å². The number of carbonyl (C=O) groups is 1. The van der Waals surface area contributed by atoms with Crippen LogP contribution in [0.2, 0.25) is 0 Å². The number of ether oxygens (including phenoxy) is 1. The molecule has 0 atom stereocenters. The Balaban J connectivity index is 1.89. The molecule has 1 N–H and O–H groups in total. The summed E-state index contributed by atoms with van der Waals surface area (Å²) in [5.41, 5.74) is 0. The van der Waals surface area contributed by atoms with Crippen molar-refractivity contribution in [3.8, 4) is 0 Å². The van der Waals surface area contributed by atoms with E-state index in [4.69, 9.17) is 4.74 Å². The fraction of sp³-hybridized carbons (Fsp3) is 0.875. The maximum absolute atomic E-state index is 11.0. The first-order chi connectivity index (χ1) is 5.34. The molecule has 11 heavy (non-hydrogen) atoms. The molecule has 1 amide bonds. The molecule has 0 spiro atoms. The zero-order chi connectivity index (χ0) is 8.10. The number of carbonyl (C=O) groups excluding carboxylic acids is 1. The molecule has 0 aromatic rings. The third-order valence-electron chi connectivity index (χ3n) is 1.77. The minimum atomic E-state index is 0.223. The van der Waals surface area contributed by atoms with Crippen molar-refractivity contribution in [2.75, 3.05) is 20.3 Å². The van der Waals surface area contributed by atoms with E-state index in [1.54, 1.807) is 7.11 Å². The lowest BCUT2D eigenvalue weighted by molar-refractivity contribution is -0.122. The third-order valence-corrected chi connectivity index (χ3v) is 1.77. The zero-order valence-electron chi connectivity index (χ0n) is 6.93. The highest BCUT2D eigenvalue weighted by atomic mass is 16.5. The Bertz CT molecular complexity index is 132. The summed E-state index contributed by atoms with van der Waals surface area (Å²) in [6.45, 7) is 1.48. The Morgan fingerprint density at radius 2 is 2.36 bits per heavy atom. The lowest BCUT2D eigenvalue weighted by Crippen LogP contribution is -2.26. The monoisotopic (exact) mass is 157 g/mol. The molecule has 0 radical (unpaired) electrons. The van der Waals surface area contributed by atoms with Crippen LogP contribution in [0, 0.1) is 5.92 Å². The van der Waals surface area contributed by atoms with Crippen molar-refractivity contribution in [2.24, 2.45) is 5.92 Å². The summed E-state index contributed by atoms with van der Waals surface area (Å²) in [6, 6.07) is 0. The molecule has 3 heteroatoms. The van der Waals surface area contributed by atoms with Crippen molar-refractivity contribution >= 4 is 5.91 Å². The second-order valence-corrected chi connectivity index (χ2v) is 2.91. The van der Waals surface area contributed by atoms with Crippen LogP contribution in [0.25, 0.3) is 0 Å². The van der Waals surface area contributed by atoms with E-state index >= 15 is 0 Å². The highest BCUT2D eigenvalue weighted by Crippen LogP contribution is 2.28. The van der Waals surface area contributed by atoms with E-state index in [1.807, 2.05) is 0 Å². The standard InChI is InChI=1S/C8H15NO2/c1-11-6-2-5-9-8(10)7-3-4-7/h7H,2-6H2,1H3,(H,9,10). The first-order valence-electron chi connectivity index (χ1n) is 4.11. The quantitative estimate of drug-likeness (QED) is 0.592. The van der Waals surface area contributed by atoms with Crippen molar-refractivity contribution in [3.05, 3.63) is 0 Å². The number of methoxy groups -OCH3 is 1. The first-order valence-corrected chi connectivity index (χ1v) is 4.11. The van der Waals surface area contributed by atoms with Crippen LogP contribution in [0.1, 0.15) is 19.3 Å². The summed E-state index contributed by atoms with van der Waals surface area (Å²) in [6.07, 6.45) is 3.07. The molecule has 1 aliphatic rings. The zero-order valence-corrected chi connectivity index (χ0v) is 6.93. The molecule has 0 bridgehead atoms. The van der Waals surface area contributed by atoms with E-state index in [1.165, 1.54) is 0 Å². The van der Waals surface area contributed by atoms with Crippen LogP contribution >= 0.6 is 0 Å². The summed E-state index contributed by atoms with van der Waals surface area (Å²) in [7, 11) is 1.67. The van der Waals surface area contributed by atoms with Crippen molar-refractivity contribution in [1.29, 1.82) is 0 Å². The van der Waals surface area contributed by atoms with Crippen molar-refractivity contribution in [3.63, 3.8) is 0 Å². The molecule has 0 aliphatic heterocycles. The van der Waals surface area contributed by atoms with Gasteiger partial charge in [0.25, 0.3) is 0 Å². The SMILES string of the molecule is COCCCNC(=O)C1CC1. The van der Waals surface area contributed by atoms with Crippen LogP contribution in [-0.2, 0) is 9.53 Å². The lowest BCUT2D eigenvalue weighted by atomic mass is 10.3. The molecule has 64 valence electrons. The fourth-order valence-corrected chi connectivity index (χ4v) is 0.918. The molecule has 0 aromatic carbocycles. The number of amides is 1. The molecule has 1 fully saturated rings. The number of rotatable bonds is 5. The van der Waals surface area contributed by atoms with Crippen molar-refractivity contribution in [2.45, 2.75) is 19.3 Å². The Hall–Kier alpha value is -0.570. The van der Waals surface area contributed by atoms with E-state index in [0.717, 1.165) is 32.4 Å². The molecule has 0 aromatic heterocycles. The van der Waals surface area contributed by atoms with Gasteiger partial charge in [-0.25, -0.2) is 0 Å². The highest BCUT2D eigenvalue weighted by Gasteiger charge is 2.28. The molecule has 0 unspecified atom stereocenters. The predicted octanol–water partition coefficient (Wildman–Crippen LogP) is 0.549. The van der Waals surface area contributed by atoms with Gasteiger partial charge in [0, 0.05) is 26.2 Å². The third kappa shape index (κ3) is 3.37. The Kier molecular flexibility index (Phi) is 3.36. The van der Waals surface area contributed by atoms with Crippen molar-refractivity contribution in [1.82, 2.24) is 5.32 Å². The van der Waals surface area contributed by atoms with Crippen molar-refractivity contribution < 1.29 is 9.53 Å². The van der Waals surface area contributed by atoms with Gasteiger partial charge in [-0.05, 0) is 19.3 Å². The Labute approximate surface area is 67.1 Å². The molecule has 1 saturated carbocycles. The maximum atomic E-state index is 11.0. The fourth-order valence-electron chi connectivity index (χ4n) is 0.918. The minimum absolute atomic E-state index is 0.223. The predicted molar refractivity (Wildman–Crippen MR) is 42.2 cm³/mol. The Morgan fingerprint density at radius 1 is 1.64 bits per heavy atom. The largest absolute Gasteiger partial charge is 0.385 e. The van der Waals surface area contributed by atoms with Gasteiger partial charge in [0.2, 0.25) is 5.91 Å². The van der Waals surface area contributed by atoms with Crippen LogP contribution < -0.4 is 5.32 Å². The van der Waals surface area contributed by atoms with Gasteiger partial charge in [0.1, 0.15) is 0 Å². The summed E-state index contributed by atoms with van der Waals surface area (Å²) in [4.78, 5) is 11.0. The number of nitrogens with one attached hydrogen (secondary N) is 1. The molecule has 0 saturated heterocycles. The van der Waals surface area contributed by atoms with E-state index in [-0.39, 0.29) is 5.91 Å². The van der Waals surface area contributed by atoms with Gasteiger partial charge in [-0.15, -0.1) is 0 Å². The normalized spacial score (nSPS) is 16.5. The van der Waals surface area contributed by atoms with Gasteiger partial charge in [-0.1, -0.05) is 0 Å². The second kappa shape index (κ2) is 4.34.